The van der Waals surface area contributed by atoms with Crippen molar-refractivity contribution in [2.45, 2.75) is 25.9 Å². The summed E-state index contributed by atoms with van der Waals surface area (Å²) in [6.07, 6.45) is 0. The van der Waals surface area contributed by atoms with Gasteiger partial charge in [-0.1, -0.05) is 13.8 Å². The van der Waals surface area contributed by atoms with Gasteiger partial charge in [0.1, 0.15) is 6.04 Å². The number of carbonyl (C=O) groups is 1. The van der Waals surface area contributed by atoms with E-state index < -0.39 is 0 Å². The molecule has 0 saturated carbocycles. The van der Waals surface area contributed by atoms with Crippen molar-refractivity contribution in [3.8, 4) is 0 Å². The number of hydrogen-bond donors (Lipinski definition) is 2. The van der Waals surface area contributed by atoms with Crippen LogP contribution in [0.15, 0.2) is 0 Å². The lowest BCUT2D eigenvalue weighted by Crippen LogP contribution is -2.65. The van der Waals surface area contributed by atoms with Gasteiger partial charge in [0.25, 0.3) is 0 Å². The molecule has 1 aliphatic heterocycles. The van der Waals surface area contributed by atoms with Gasteiger partial charge in [-0.15, -0.1) is 0 Å². The number of carbonyl (C=O) groups excluding carboxylic acids is 1. The number of nitrogens with two attached hydrogens (primary N) is 1. The molecule has 0 aromatic rings. The molecule has 0 aliphatic carbocycles. The minimum Gasteiger partial charge on any atom is -0.394 e. The Balaban J connectivity index is 2.52. The molecular weight excluding hydrogens is 156 g/mol. The molecular formula is C8H16N2O2. The van der Waals surface area contributed by atoms with Gasteiger partial charge in [-0.3, -0.25) is 4.79 Å². The van der Waals surface area contributed by atoms with E-state index in [0.717, 1.165) is 0 Å². The molecule has 0 bridgehead atoms. The zero-order valence-corrected chi connectivity index (χ0v) is 7.53. The molecule has 1 fully saturated rings. The van der Waals surface area contributed by atoms with Crippen LogP contribution in [0.5, 0.6) is 0 Å². The summed E-state index contributed by atoms with van der Waals surface area (Å²) in [5.74, 6) is 0.245. The van der Waals surface area contributed by atoms with Gasteiger partial charge in [-0.05, 0) is 5.92 Å². The molecule has 1 saturated heterocycles. The Morgan fingerprint density at radius 1 is 1.75 bits per heavy atom. The molecule has 12 heavy (non-hydrogen) atoms. The number of aliphatic hydroxyl groups excluding tert-OH is 1. The average Bonchev–Trinajstić information content (AvgIpc) is 2.03. The van der Waals surface area contributed by atoms with Gasteiger partial charge in [-0.2, -0.15) is 0 Å². The number of aliphatic hydroxyl groups is 1. The summed E-state index contributed by atoms with van der Waals surface area (Å²) in [6.45, 7) is 4.58. The van der Waals surface area contributed by atoms with Crippen molar-refractivity contribution in [2.24, 2.45) is 11.7 Å². The van der Waals surface area contributed by atoms with Crippen molar-refractivity contribution < 1.29 is 9.90 Å². The average molecular weight is 172 g/mol. The maximum absolute atomic E-state index is 11.2. The lowest BCUT2D eigenvalue weighted by molar-refractivity contribution is -0.148. The van der Waals surface area contributed by atoms with Crippen molar-refractivity contribution >= 4 is 5.91 Å². The van der Waals surface area contributed by atoms with Crippen LogP contribution in [0.25, 0.3) is 0 Å². The summed E-state index contributed by atoms with van der Waals surface area (Å²) in [7, 11) is 0. The van der Waals surface area contributed by atoms with Crippen molar-refractivity contribution in [2.75, 3.05) is 13.2 Å². The minimum atomic E-state index is -0.335. The van der Waals surface area contributed by atoms with Crippen LogP contribution in [-0.2, 0) is 4.79 Å². The summed E-state index contributed by atoms with van der Waals surface area (Å²) in [6, 6.07) is -0.393. The van der Waals surface area contributed by atoms with E-state index in [1.807, 2.05) is 13.8 Å². The fraction of sp³-hybridized carbons (Fsp3) is 0.875. The first-order chi connectivity index (χ1) is 5.57. The number of likely N-dealkylation sites (tertiary alicyclic amines) is 1. The molecule has 1 heterocycles. The standard InChI is InChI=1S/C8H16N2O2/c1-5(2)7(4-11)10-3-6(9)8(10)12/h5-7,11H,3-4,9H2,1-2H3/t6?,7-/m0/s1. The molecule has 3 N–H and O–H groups in total. The number of amides is 1. The van der Waals surface area contributed by atoms with Crippen LogP contribution in [0, 0.1) is 5.92 Å². The minimum absolute atomic E-state index is 0.0239. The SMILES string of the molecule is CC(C)[C@H](CO)N1CC(N)C1=O. The molecule has 0 aromatic heterocycles. The first kappa shape index (κ1) is 9.48. The summed E-state index contributed by atoms with van der Waals surface area (Å²) in [5, 5.41) is 9.00. The van der Waals surface area contributed by atoms with E-state index >= 15 is 0 Å². The number of hydrogen-bond acceptors (Lipinski definition) is 3. The van der Waals surface area contributed by atoms with Crippen LogP contribution in [0.4, 0.5) is 0 Å². The highest BCUT2D eigenvalue weighted by molar-refractivity contribution is 5.88. The fourth-order valence-electron chi connectivity index (χ4n) is 1.45. The van der Waals surface area contributed by atoms with Gasteiger partial charge in [0.05, 0.1) is 12.6 Å². The molecule has 2 atom stereocenters. The second kappa shape index (κ2) is 3.41. The Hall–Kier alpha value is -0.610. The molecule has 70 valence electrons. The van der Waals surface area contributed by atoms with Crippen LogP contribution in [0.1, 0.15) is 13.8 Å². The highest BCUT2D eigenvalue weighted by Crippen LogP contribution is 2.18. The smallest absolute Gasteiger partial charge is 0.241 e. The van der Waals surface area contributed by atoms with Gasteiger partial charge in [0.2, 0.25) is 5.91 Å². The summed E-state index contributed by atoms with van der Waals surface area (Å²) < 4.78 is 0. The van der Waals surface area contributed by atoms with Gasteiger partial charge in [0, 0.05) is 6.54 Å². The van der Waals surface area contributed by atoms with Gasteiger partial charge >= 0.3 is 0 Å². The van der Waals surface area contributed by atoms with E-state index in [9.17, 15) is 4.79 Å². The molecule has 0 spiro atoms. The monoisotopic (exact) mass is 172 g/mol. The largest absolute Gasteiger partial charge is 0.394 e. The first-order valence-electron chi connectivity index (χ1n) is 4.24. The van der Waals surface area contributed by atoms with E-state index in [2.05, 4.69) is 0 Å². The number of rotatable bonds is 3. The lowest BCUT2D eigenvalue weighted by atomic mass is 9.97. The van der Waals surface area contributed by atoms with E-state index in [0.29, 0.717) is 6.54 Å². The Labute approximate surface area is 72.3 Å². The molecule has 4 heteroatoms. The molecule has 1 unspecified atom stereocenters. The Bertz CT molecular complexity index is 182. The fourth-order valence-corrected chi connectivity index (χ4v) is 1.45. The van der Waals surface area contributed by atoms with Crippen molar-refractivity contribution in [3.05, 3.63) is 0 Å². The first-order valence-corrected chi connectivity index (χ1v) is 4.24. The quantitative estimate of drug-likeness (QED) is 0.546. The number of β-lactam (4-membered cyclic amide) rings is 1. The molecule has 0 aromatic carbocycles. The molecule has 1 rings (SSSR count). The topological polar surface area (TPSA) is 66.6 Å². The highest BCUT2D eigenvalue weighted by Gasteiger charge is 2.38. The summed E-state index contributed by atoms with van der Waals surface area (Å²) in [5.41, 5.74) is 5.43. The second-order valence-corrected chi connectivity index (χ2v) is 3.59. The third kappa shape index (κ3) is 1.44. The maximum Gasteiger partial charge on any atom is 0.241 e. The van der Waals surface area contributed by atoms with Crippen LogP contribution in [0.3, 0.4) is 0 Å². The third-order valence-electron chi connectivity index (χ3n) is 2.35. The normalized spacial score (nSPS) is 25.9. The van der Waals surface area contributed by atoms with Crippen molar-refractivity contribution in [1.29, 1.82) is 0 Å². The second-order valence-electron chi connectivity index (χ2n) is 3.59. The molecule has 4 nitrogen and oxygen atoms in total. The van der Waals surface area contributed by atoms with Gasteiger partial charge in [-0.25, -0.2) is 0 Å². The van der Waals surface area contributed by atoms with E-state index in [1.165, 1.54) is 0 Å². The van der Waals surface area contributed by atoms with Gasteiger partial charge in [0.15, 0.2) is 0 Å². The highest BCUT2D eigenvalue weighted by atomic mass is 16.3. The molecule has 0 radical (unpaired) electrons. The Kier molecular flexibility index (Phi) is 2.69. The predicted molar refractivity (Wildman–Crippen MR) is 45.4 cm³/mol. The zero-order valence-electron chi connectivity index (χ0n) is 7.53. The van der Waals surface area contributed by atoms with Crippen LogP contribution < -0.4 is 5.73 Å². The van der Waals surface area contributed by atoms with Crippen LogP contribution >= 0.6 is 0 Å². The van der Waals surface area contributed by atoms with E-state index in [-0.39, 0.29) is 30.5 Å². The predicted octanol–water partition coefficient (Wildman–Crippen LogP) is -0.827. The van der Waals surface area contributed by atoms with E-state index in [1.54, 1.807) is 4.90 Å². The van der Waals surface area contributed by atoms with Crippen LogP contribution in [0.2, 0.25) is 0 Å². The summed E-state index contributed by atoms with van der Waals surface area (Å²) >= 11 is 0. The number of nitrogens with zero attached hydrogens (tertiary/aromatic N) is 1. The Morgan fingerprint density at radius 3 is 2.58 bits per heavy atom. The lowest BCUT2D eigenvalue weighted by Gasteiger charge is -2.43. The third-order valence-corrected chi connectivity index (χ3v) is 2.35. The molecule has 1 aliphatic rings. The van der Waals surface area contributed by atoms with Gasteiger partial charge < -0.3 is 15.7 Å². The van der Waals surface area contributed by atoms with E-state index in [4.69, 9.17) is 10.8 Å². The van der Waals surface area contributed by atoms with Crippen molar-refractivity contribution in [3.63, 3.8) is 0 Å². The zero-order chi connectivity index (χ0) is 9.30. The maximum atomic E-state index is 11.2. The summed E-state index contributed by atoms with van der Waals surface area (Å²) in [4.78, 5) is 12.8. The van der Waals surface area contributed by atoms with Crippen molar-refractivity contribution in [1.82, 2.24) is 4.90 Å². The molecule has 1 amide bonds. The Morgan fingerprint density at radius 2 is 2.33 bits per heavy atom. The van der Waals surface area contributed by atoms with Crippen LogP contribution in [-0.4, -0.2) is 41.1 Å².